The highest BCUT2D eigenvalue weighted by atomic mass is 14.6. The highest BCUT2D eigenvalue weighted by Gasteiger charge is 2.07. The van der Waals surface area contributed by atoms with Gasteiger partial charge in [0.25, 0.3) is 0 Å². The van der Waals surface area contributed by atoms with Crippen molar-refractivity contribution in [3.63, 3.8) is 0 Å². The second-order valence-electron chi connectivity index (χ2n) is 5.95. The van der Waals surface area contributed by atoms with Gasteiger partial charge in [0.1, 0.15) is 0 Å². The molecule has 0 bridgehead atoms. The molecule has 0 aliphatic rings. The predicted molar refractivity (Wildman–Crippen MR) is 87.0 cm³/mol. The van der Waals surface area contributed by atoms with Gasteiger partial charge in [0.2, 0.25) is 0 Å². The van der Waals surface area contributed by atoms with Gasteiger partial charge in [-0.1, -0.05) is 67.9 Å². The molecular formula is C19H25N. The van der Waals surface area contributed by atoms with Crippen molar-refractivity contribution in [1.29, 1.82) is 0 Å². The van der Waals surface area contributed by atoms with E-state index in [9.17, 15) is 0 Å². The van der Waals surface area contributed by atoms with Crippen molar-refractivity contribution in [2.75, 3.05) is 0 Å². The zero-order chi connectivity index (χ0) is 14.5. The van der Waals surface area contributed by atoms with Crippen LogP contribution in [0.2, 0.25) is 0 Å². The molecule has 1 atom stereocenters. The smallest absolute Gasteiger partial charge is 0.0298 e. The summed E-state index contributed by atoms with van der Waals surface area (Å²) in [6.07, 6.45) is 2.03. The summed E-state index contributed by atoms with van der Waals surface area (Å²) in [5.41, 5.74) is 11.6. The van der Waals surface area contributed by atoms with Crippen LogP contribution in [0.1, 0.15) is 54.5 Å². The number of hydrogen-bond acceptors (Lipinski definition) is 1. The van der Waals surface area contributed by atoms with Gasteiger partial charge in [-0.05, 0) is 42.4 Å². The maximum absolute atomic E-state index is 6.30. The third-order valence-electron chi connectivity index (χ3n) is 3.90. The monoisotopic (exact) mass is 267 g/mol. The molecule has 1 nitrogen and oxygen atoms in total. The Morgan fingerprint density at radius 1 is 0.850 bits per heavy atom. The van der Waals surface area contributed by atoms with E-state index >= 15 is 0 Å². The van der Waals surface area contributed by atoms with Crippen LogP contribution in [0.25, 0.3) is 0 Å². The number of aryl methyl sites for hydroxylation is 2. The summed E-state index contributed by atoms with van der Waals surface area (Å²) in [5.74, 6) is 0.577. The summed E-state index contributed by atoms with van der Waals surface area (Å²) in [6, 6.07) is 17.6. The lowest BCUT2D eigenvalue weighted by Crippen LogP contribution is -2.11. The first-order chi connectivity index (χ1) is 9.56. The van der Waals surface area contributed by atoms with Crippen molar-refractivity contribution in [3.05, 3.63) is 70.8 Å². The van der Waals surface area contributed by atoms with Crippen LogP contribution in [0, 0.1) is 6.92 Å². The van der Waals surface area contributed by atoms with Crippen LogP contribution in [-0.2, 0) is 6.42 Å². The first-order valence-electron chi connectivity index (χ1n) is 7.47. The Bertz CT molecular complexity index is 523. The SMILES string of the molecule is Cc1ccc(CCC(N)c2ccc(C(C)C)cc2)cc1. The zero-order valence-corrected chi connectivity index (χ0v) is 12.8. The van der Waals surface area contributed by atoms with E-state index in [4.69, 9.17) is 5.73 Å². The van der Waals surface area contributed by atoms with Crippen molar-refractivity contribution in [2.24, 2.45) is 5.73 Å². The molecule has 0 aliphatic carbocycles. The Morgan fingerprint density at radius 3 is 1.95 bits per heavy atom. The highest BCUT2D eigenvalue weighted by molar-refractivity contribution is 5.27. The quantitative estimate of drug-likeness (QED) is 0.831. The lowest BCUT2D eigenvalue weighted by atomic mass is 9.96. The van der Waals surface area contributed by atoms with Gasteiger partial charge in [-0.2, -0.15) is 0 Å². The Morgan fingerprint density at radius 2 is 1.40 bits per heavy atom. The van der Waals surface area contributed by atoms with E-state index in [1.54, 1.807) is 0 Å². The predicted octanol–water partition coefficient (Wildman–Crippen LogP) is 4.75. The largest absolute Gasteiger partial charge is 0.324 e. The summed E-state index contributed by atoms with van der Waals surface area (Å²) >= 11 is 0. The molecule has 2 N–H and O–H groups in total. The Kier molecular flexibility index (Phi) is 4.97. The van der Waals surface area contributed by atoms with Gasteiger partial charge in [-0.3, -0.25) is 0 Å². The van der Waals surface area contributed by atoms with Crippen LogP contribution in [0.4, 0.5) is 0 Å². The van der Waals surface area contributed by atoms with Gasteiger partial charge >= 0.3 is 0 Å². The van der Waals surface area contributed by atoms with E-state index in [0.29, 0.717) is 5.92 Å². The molecule has 0 radical (unpaired) electrons. The summed E-state index contributed by atoms with van der Waals surface area (Å²) in [7, 11) is 0. The number of rotatable bonds is 5. The lowest BCUT2D eigenvalue weighted by molar-refractivity contribution is 0.650. The van der Waals surface area contributed by atoms with Crippen molar-refractivity contribution >= 4 is 0 Å². The molecule has 0 aliphatic heterocycles. The van der Waals surface area contributed by atoms with Crippen LogP contribution >= 0.6 is 0 Å². The van der Waals surface area contributed by atoms with Crippen LogP contribution in [0.5, 0.6) is 0 Å². The van der Waals surface area contributed by atoms with E-state index in [1.807, 2.05) is 0 Å². The van der Waals surface area contributed by atoms with E-state index in [0.717, 1.165) is 12.8 Å². The molecular weight excluding hydrogens is 242 g/mol. The first-order valence-corrected chi connectivity index (χ1v) is 7.47. The molecule has 0 heterocycles. The molecule has 20 heavy (non-hydrogen) atoms. The molecule has 106 valence electrons. The second kappa shape index (κ2) is 6.71. The van der Waals surface area contributed by atoms with Crippen molar-refractivity contribution in [3.8, 4) is 0 Å². The maximum atomic E-state index is 6.30. The molecule has 0 amide bonds. The molecule has 0 saturated carbocycles. The van der Waals surface area contributed by atoms with Crippen molar-refractivity contribution in [2.45, 2.75) is 45.6 Å². The van der Waals surface area contributed by atoms with Gasteiger partial charge in [0.15, 0.2) is 0 Å². The van der Waals surface area contributed by atoms with Crippen LogP contribution in [0.15, 0.2) is 48.5 Å². The molecule has 0 saturated heterocycles. The molecule has 1 heteroatoms. The molecule has 1 unspecified atom stereocenters. The summed E-state index contributed by atoms with van der Waals surface area (Å²) in [5, 5.41) is 0. The molecule has 2 aromatic rings. The average molecular weight is 267 g/mol. The van der Waals surface area contributed by atoms with Crippen LogP contribution in [0.3, 0.4) is 0 Å². The molecule has 2 rings (SSSR count). The minimum Gasteiger partial charge on any atom is -0.324 e. The van der Waals surface area contributed by atoms with Gasteiger partial charge in [-0.15, -0.1) is 0 Å². The van der Waals surface area contributed by atoms with Crippen LogP contribution < -0.4 is 5.73 Å². The van der Waals surface area contributed by atoms with Gasteiger partial charge in [0, 0.05) is 6.04 Å². The minimum absolute atomic E-state index is 0.123. The first kappa shape index (κ1) is 14.8. The topological polar surface area (TPSA) is 26.0 Å². The van der Waals surface area contributed by atoms with Gasteiger partial charge in [0.05, 0.1) is 0 Å². The van der Waals surface area contributed by atoms with E-state index in [1.165, 1.54) is 22.3 Å². The molecule has 0 fully saturated rings. The fourth-order valence-electron chi connectivity index (χ4n) is 2.37. The number of nitrogens with two attached hydrogens (primary N) is 1. The van der Waals surface area contributed by atoms with Crippen molar-refractivity contribution < 1.29 is 0 Å². The zero-order valence-electron chi connectivity index (χ0n) is 12.8. The van der Waals surface area contributed by atoms with Crippen molar-refractivity contribution in [1.82, 2.24) is 0 Å². The molecule has 2 aromatic carbocycles. The number of hydrogen-bond donors (Lipinski definition) is 1. The Balaban J connectivity index is 1.94. The van der Waals surface area contributed by atoms with E-state index in [2.05, 4.69) is 69.3 Å². The third-order valence-corrected chi connectivity index (χ3v) is 3.90. The third kappa shape index (κ3) is 3.94. The average Bonchev–Trinajstić information content (AvgIpc) is 2.46. The van der Waals surface area contributed by atoms with E-state index < -0.39 is 0 Å². The maximum Gasteiger partial charge on any atom is 0.0298 e. The Labute approximate surface area is 122 Å². The summed E-state index contributed by atoms with van der Waals surface area (Å²) in [4.78, 5) is 0. The second-order valence-corrected chi connectivity index (χ2v) is 5.95. The van der Waals surface area contributed by atoms with Gasteiger partial charge in [-0.25, -0.2) is 0 Å². The lowest BCUT2D eigenvalue weighted by Gasteiger charge is -2.14. The Hall–Kier alpha value is -1.60. The molecule has 0 aromatic heterocycles. The fraction of sp³-hybridized carbons (Fsp3) is 0.368. The number of benzene rings is 2. The highest BCUT2D eigenvalue weighted by Crippen LogP contribution is 2.20. The standard InChI is InChI=1S/C19H25N/c1-14(2)17-9-11-18(12-10-17)19(20)13-8-16-6-4-15(3)5-7-16/h4-7,9-12,14,19H,8,13,20H2,1-3H3. The van der Waals surface area contributed by atoms with E-state index in [-0.39, 0.29) is 6.04 Å². The fourth-order valence-corrected chi connectivity index (χ4v) is 2.37. The normalized spacial score (nSPS) is 12.7. The molecule has 0 spiro atoms. The van der Waals surface area contributed by atoms with Gasteiger partial charge < -0.3 is 5.73 Å². The van der Waals surface area contributed by atoms with Crippen LogP contribution in [-0.4, -0.2) is 0 Å². The minimum atomic E-state index is 0.123. The summed E-state index contributed by atoms with van der Waals surface area (Å²) in [6.45, 7) is 6.55. The summed E-state index contributed by atoms with van der Waals surface area (Å²) < 4.78 is 0.